The summed E-state index contributed by atoms with van der Waals surface area (Å²) in [7, 11) is -1.17. The summed E-state index contributed by atoms with van der Waals surface area (Å²) in [5.74, 6) is 0. The van der Waals surface area contributed by atoms with Crippen molar-refractivity contribution in [2.45, 2.75) is 13.8 Å². The van der Waals surface area contributed by atoms with Crippen molar-refractivity contribution in [1.82, 2.24) is 0 Å². The van der Waals surface area contributed by atoms with Crippen molar-refractivity contribution in [2.75, 3.05) is 0 Å². The van der Waals surface area contributed by atoms with Crippen LogP contribution in [0.15, 0.2) is 0 Å². The molecule has 0 bridgehead atoms. The molecule has 0 saturated carbocycles. The van der Waals surface area contributed by atoms with E-state index in [1.54, 1.807) is 13.8 Å². The third-order valence-corrected chi connectivity index (χ3v) is 0. The quantitative estimate of drug-likeness (QED) is 0.356. The summed E-state index contributed by atoms with van der Waals surface area (Å²) in [6.45, 7) is 10.0. The second-order valence-corrected chi connectivity index (χ2v) is 0.274. The maximum Gasteiger partial charge on any atom is 2.00 e. The average Bonchev–Trinajstić information content (AvgIpc) is 1.78. The maximum atomic E-state index is 8.51. The van der Waals surface area contributed by atoms with E-state index < -0.39 is 8.69 Å². The van der Waals surface area contributed by atoms with Crippen molar-refractivity contribution in [3.63, 3.8) is 0 Å². The minimum absolute atomic E-state index is 0. The van der Waals surface area contributed by atoms with Crippen LogP contribution >= 0.6 is 8.69 Å². The minimum atomic E-state index is -1.17. The monoisotopic (exact) mass is 187 g/mol. The Kier molecular flexibility index (Phi) is 354. The van der Waals surface area contributed by atoms with Gasteiger partial charge < -0.3 is 13.8 Å². The summed E-state index contributed by atoms with van der Waals surface area (Å²) in [4.78, 5) is 7.04. The van der Waals surface area contributed by atoms with Crippen LogP contribution < -0.4 is 0 Å². The van der Waals surface area contributed by atoms with Crippen molar-refractivity contribution in [1.29, 1.82) is 0 Å². The Morgan fingerprint density at radius 1 is 1.25 bits per heavy atom. The first kappa shape index (κ1) is 23.4. The molecule has 0 amide bonds. The molecule has 0 aromatic rings. The summed E-state index contributed by atoms with van der Waals surface area (Å²) in [6.07, 6.45) is 0. The Labute approximate surface area is 65.7 Å². The third kappa shape index (κ3) is 462. The molecule has 46 valence electrons. The van der Waals surface area contributed by atoms with Crippen molar-refractivity contribution >= 4 is 8.69 Å². The molecule has 1 atom stereocenters. The molecule has 0 spiro atoms. The van der Waals surface area contributed by atoms with Crippen LogP contribution in [0.2, 0.25) is 0 Å². The molecule has 2 nitrogen and oxygen atoms in total. The number of rotatable bonds is 0. The molecular formula is C4H12O2PZn+. The smallest absolute Gasteiger partial charge is 0.346 e. The van der Waals surface area contributed by atoms with Gasteiger partial charge in [-0.25, -0.2) is 0 Å². The van der Waals surface area contributed by atoms with Crippen molar-refractivity contribution in [3.05, 3.63) is 13.8 Å². The molecule has 0 fully saturated rings. The molecule has 0 aliphatic carbocycles. The van der Waals surface area contributed by atoms with Crippen molar-refractivity contribution in [2.24, 2.45) is 0 Å². The van der Waals surface area contributed by atoms with E-state index in [-0.39, 0.29) is 19.5 Å². The molecule has 0 aromatic heterocycles. The van der Waals surface area contributed by atoms with E-state index in [0.29, 0.717) is 0 Å². The fourth-order valence-corrected chi connectivity index (χ4v) is 0. The molecule has 0 rings (SSSR count). The molecule has 0 radical (unpaired) electrons. The molecule has 1 unspecified atom stereocenters. The Balaban J connectivity index is -0.0000000147. The average molecular weight is 189 g/mol. The van der Waals surface area contributed by atoms with Crippen LogP contribution in [0.1, 0.15) is 13.8 Å². The van der Waals surface area contributed by atoms with E-state index in [4.69, 9.17) is 9.46 Å². The normalized spacial score (nSPS) is 4.12. The second kappa shape index (κ2) is 121. The number of hydrogen-bond acceptors (Lipinski definition) is 1. The molecule has 4 heteroatoms. The van der Waals surface area contributed by atoms with Gasteiger partial charge in [0.15, 0.2) is 0 Å². The molecular weight excluding hydrogens is 176 g/mol. The Morgan fingerprint density at radius 2 is 1.25 bits per heavy atom. The van der Waals surface area contributed by atoms with Gasteiger partial charge in [-0.1, -0.05) is 0 Å². The van der Waals surface area contributed by atoms with Gasteiger partial charge in [0.05, 0.1) is 0 Å². The van der Waals surface area contributed by atoms with Crippen molar-refractivity contribution < 1.29 is 28.9 Å². The van der Waals surface area contributed by atoms with Gasteiger partial charge in [-0.3, -0.25) is 0 Å². The van der Waals surface area contributed by atoms with Crippen LogP contribution in [0, 0.1) is 13.8 Å². The molecule has 8 heavy (non-hydrogen) atoms. The van der Waals surface area contributed by atoms with Crippen LogP contribution in [-0.4, -0.2) is 4.89 Å². The summed E-state index contributed by atoms with van der Waals surface area (Å²) >= 11 is 0. The van der Waals surface area contributed by atoms with Gasteiger partial charge in [-0.2, -0.15) is 18.7 Å². The number of hydrogen-bond donors (Lipinski definition) is 1. The van der Waals surface area contributed by atoms with E-state index in [9.17, 15) is 0 Å². The molecule has 0 aliphatic heterocycles. The zero-order chi connectivity index (χ0) is 6.71. The van der Waals surface area contributed by atoms with Crippen LogP contribution in [0.25, 0.3) is 0 Å². The molecule has 0 aliphatic rings. The van der Waals surface area contributed by atoms with Crippen LogP contribution in [0.4, 0.5) is 0 Å². The van der Waals surface area contributed by atoms with Gasteiger partial charge in [0, 0.05) is 0 Å². The first-order chi connectivity index (χ1) is 3.41. The van der Waals surface area contributed by atoms with Gasteiger partial charge in [0.2, 0.25) is 0 Å². The van der Waals surface area contributed by atoms with Crippen LogP contribution in [-0.2, 0) is 24.0 Å². The summed E-state index contributed by atoms with van der Waals surface area (Å²) in [5, 5.41) is 0. The van der Waals surface area contributed by atoms with Crippen LogP contribution in [0.5, 0.6) is 0 Å². The second-order valence-electron chi connectivity index (χ2n) is 0.0913. The van der Waals surface area contributed by atoms with E-state index in [0.717, 1.165) is 0 Å². The third-order valence-electron chi connectivity index (χ3n) is 0. The maximum absolute atomic E-state index is 8.51. The Bertz CT molecular complexity index is 21.5. The SMILES string of the molecule is O=[PH+]O.[CH2-]C.[CH2-]C.[Zn+2]. The predicted octanol–water partition coefficient (Wildman–Crippen LogP) is 1.60. The fourth-order valence-electron chi connectivity index (χ4n) is 0. The van der Waals surface area contributed by atoms with Gasteiger partial charge in [-0.05, 0) is 4.57 Å². The molecule has 0 saturated heterocycles. The van der Waals surface area contributed by atoms with Gasteiger partial charge in [0.25, 0.3) is 0 Å². The zero-order valence-electron chi connectivity index (χ0n) is 5.48. The van der Waals surface area contributed by atoms with E-state index >= 15 is 0 Å². The topological polar surface area (TPSA) is 37.3 Å². The predicted molar refractivity (Wildman–Crippen MR) is 33.3 cm³/mol. The Hall–Kier alpha value is 0.683. The fraction of sp³-hybridized carbons (Fsp3) is 0.500. The summed E-state index contributed by atoms with van der Waals surface area (Å²) in [6, 6.07) is 0. The van der Waals surface area contributed by atoms with E-state index in [1.807, 2.05) is 0 Å². The molecule has 0 aromatic carbocycles. The minimum Gasteiger partial charge on any atom is -0.346 e. The summed E-state index contributed by atoms with van der Waals surface area (Å²) < 4.78 is 8.51. The largest absolute Gasteiger partial charge is 2.00 e. The standard InChI is InChI=1S/2C2H5.HO2P.Zn/c2*1-2;1-3-2;/h2*1H2,2H3;3H;/q2*-1;;+2/p+1. The molecule has 1 N–H and O–H groups in total. The zero-order valence-corrected chi connectivity index (χ0v) is 9.44. The van der Waals surface area contributed by atoms with Gasteiger partial charge >= 0.3 is 28.2 Å². The van der Waals surface area contributed by atoms with Crippen LogP contribution in [0.3, 0.4) is 0 Å². The first-order valence-electron chi connectivity index (χ1n) is 1.84. The van der Waals surface area contributed by atoms with Gasteiger partial charge in [0.1, 0.15) is 0 Å². The van der Waals surface area contributed by atoms with Crippen molar-refractivity contribution in [3.8, 4) is 0 Å². The molecule has 0 heterocycles. The Morgan fingerprint density at radius 3 is 1.25 bits per heavy atom. The van der Waals surface area contributed by atoms with Gasteiger partial charge in [-0.15, -0.1) is 0 Å². The van der Waals surface area contributed by atoms with E-state index in [1.165, 1.54) is 0 Å². The summed E-state index contributed by atoms with van der Waals surface area (Å²) in [5.41, 5.74) is 0. The van der Waals surface area contributed by atoms with E-state index in [2.05, 4.69) is 13.8 Å². The first-order valence-corrected chi connectivity index (χ1v) is 2.70.